The molecule has 2 aromatic heterocycles. The standard InChI is InChI=1S/C17H16N2O4S/c1-3-22-14(20)8-11-9-24-17(18-11)19-16(21)15-10(2)12-6-4-5-7-13(12)23-15/h4-7,9H,3,8H2,1-2H3,(H,18,19,21). The molecule has 0 aliphatic heterocycles. The summed E-state index contributed by atoms with van der Waals surface area (Å²) >= 11 is 1.25. The maximum absolute atomic E-state index is 12.4. The van der Waals surface area contributed by atoms with Gasteiger partial charge in [0.2, 0.25) is 0 Å². The number of nitrogens with one attached hydrogen (secondary N) is 1. The number of rotatable bonds is 5. The molecule has 0 fully saturated rings. The number of carbonyl (C=O) groups excluding carboxylic acids is 2. The Bertz CT molecular complexity index is 897. The van der Waals surface area contributed by atoms with E-state index in [-0.39, 0.29) is 24.1 Å². The molecule has 6 nitrogen and oxygen atoms in total. The van der Waals surface area contributed by atoms with Gasteiger partial charge in [0.1, 0.15) is 5.58 Å². The minimum Gasteiger partial charge on any atom is -0.466 e. The SMILES string of the molecule is CCOC(=O)Cc1csc(NC(=O)c2oc3ccccc3c2C)n1. The minimum absolute atomic E-state index is 0.0872. The number of nitrogens with zero attached hydrogens (tertiary/aromatic N) is 1. The summed E-state index contributed by atoms with van der Waals surface area (Å²) in [5.74, 6) is -0.437. The van der Waals surface area contributed by atoms with Crippen LogP contribution in [0.25, 0.3) is 11.0 Å². The Morgan fingerprint density at radius 2 is 2.12 bits per heavy atom. The quantitative estimate of drug-likeness (QED) is 0.716. The number of esters is 1. The van der Waals surface area contributed by atoms with Crippen LogP contribution in [0.5, 0.6) is 0 Å². The maximum Gasteiger partial charge on any atom is 0.311 e. The van der Waals surface area contributed by atoms with Crippen molar-refractivity contribution in [2.45, 2.75) is 20.3 Å². The number of anilines is 1. The Kier molecular flexibility index (Phi) is 4.61. The van der Waals surface area contributed by atoms with E-state index in [4.69, 9.17) is 9.15 Å². The third-order valence-corrected chi connectivity index (χ3v) is 4.26. The predicted molar refractivity (Wildman–Crippen MR) is 91.4 cm³/mol. The van der Waals surface area contributed by atoms with Gasteiger partial charge in [0.05, 0.1) is 18.7 Å². The van der Waals surface area contributed by atoms with Crippen LogP contribution in [-0.4, -0.2) is 23.5 Å². The lowest BCUT2D eigenvalue weighted by Gasteiger charge is -2.00. The van der Waals surface area contributed by atoms with Gasteiger partial charge in [-0.2, -0.15) is 0 Å². The highest BCUT2D eigenvalue weighted by Crippen LogP contribution is 2.26. The molecule has 124 valence electrons. The molecule has 0 atom stereocenters. The zero-order valence-electron chi connectivity index (χ0n) is 13.3. The van der Waals surface area contributed by atoms with E-state index in [0.717, 1.165) is 10.9 Å². The van der Waals surface area contributed by atoms with Gasteiger partial charge < -0.3 is 9.15 Å². The first kappa shape index (κ1) is 16.2. The molecule has 0 aliphatic carbocycles. The number of fused-ring (bicyclic) bond motifs is 1. The number of furan rings is 1. The molecule has 1 N–H and O–H groups in total. The average Bonchev–Trinajstić information content (AvgIpc) is 3.12. The van der Waals surface area contributed by atoms with Gasteiger partial charge in [0, 0.05) is 16.3 Å². The van der Waals surface area contributed by atoms with Crippen molar-refractivity contribution in [1.29, 1.82) is 0 Å². The first-order valence-corrected chi connectivity index (χ1v) is 8.36. The lowest BCUT2D eigenvalue weighted by molar-refractivity contribution is -0.142. The fraction of sp³-hybridized carbons (Fsp3) is 0.235. The molecule has 0 saturated heterocycles. The molecule has 0 saturated carbocycles. The number of hydrogen-bond donors (Lipinski definition) is 1. The third kappa shape index (κ3) is 3.30. The lowest BCUT2D eigenvalue weighted by Crippen LogP contribution is -2.12. The third-order valence-electron chi connectivity index (χ3n) is 3.45. The molecule has 0 aliphatic rings. The predicted octanol–water partition coefficient (Wildman–Crippen LogP) is 3.56. The molecule has 0 bridgehead atoms. The van der Waals surface area contributed by atoms with E-state index < -0.39 is 0 Å². The van der Waals surface area contributed by atoms with Crippen molar-refractivity contribution in [2.24, 2.45) is 0 Å². The monoisotopic (exact) mass is 344 g/mol. The molecule has 0 radical (unpaired) electrons. The van der Waals surface area contributed by atoms with Gasteiger partial charge in [0.25, 0.3) is 5.91 Å². The molecule has 0 spiro atoms. The Morgan fingerprint density at radius 3 is 2.88 bits per heavy atom. The summed E-state index contributed by atoms with van der Waals surface area (Å²) in [6.07, 6.45) is 0.0872. The van der Waals surface area contributed by atoms with Crippen LogP contribution in [0.2, 0.25) is 0 Å². The molecule has 24 heavy (non-hydrogen) atoms. The van der Waals surface area contributed by atoms with E-state index >= 15 is 0 Å². The highest BCUT2D eigenvalue weighted by Gasteiger charge is 2.19. The topological polar surface area (TPSA) is 81.4 Å². The van der Waals surface area contributed by atoms with Crippen LogP contribution in [0, 0.1) is 6.92 Å². The Hall–Kier alpha value is -2.67. The lowest BCUT2D eigenvalue weighted by atomic mass is 10.1. The number of carbonyl (C=O) groups is 2. The van der Waals surface area contributed by atoms with Crippen LogP contribution < -0.4 is 5.32 Å². The van der Waals surface area contributed by atoms with Crippen LogP contribution >= 0.6 is 11.3 Å². The minimum atomic E-state index is -0.360. The normalized spacial score (nSPS) is 10.8. The van der Waals surface area contributed by atoms with Crippen LogP contribution in [0.1, 0.15) is 28.7 Å². The summed E-state index contributed by atoms with van der Waals surface area (Å²) in [6.45, 7) is 3.92. The maximum atomic E-state index is 12.4. The first-order valence-electron chi connectivity index (χ1n) is 7.48. The number of aromatic nitrogens is 1. The van der Waals surface area contributed by atoms with Crippen LogP contribution in [0.4, 0.5) is 5.13 Å². The second kappa shape index (κ2) is 6.84. The molecule has 1 aromatic carbocycles. The molecule has 7 heteroatoms. The van der Waals surface area contributed by atoms with Gasteiger partial charge in [-0.25, -0.2) is 4.98 Å². The number of aryl methyl sites for hydroxylation is 1. The van der Waals surface area contributed by atoms with Crippen molar-refractivity contribution < 1.29 is 18.7 Å². The van der Waals surface area contributed by atoms with Crippen LogP contribution in [0.3, 0.4) is 0 Å². The van der Waals surface area contributed by atoms with E-state index in [1.54, 1.807) is 12.3 Å². The number of amides is 1. The van der Waals surface area contributed by atoms with Gasteiger partial charge in [-0.3, -0.25) is 14.9 Å². The Labute approximate surface area is 142 Å². The van der Waals surface area contributed by atoms with E-state index in [0.29, 0.717) is 23.0 Å². The van der Waals surface area contributed by atoms with Crippen molar-refractivity contribution in [3.05, 3.63) is 46.7 Å². The number of benzene rings is 1. The zero-order chi connectivity index (χ0) is 17.1. The first-order chi connectivity index (χ1) is 11.6. The fourth-order valence-corrected chi connectivity index (χ4v) is 3.06. The smallest absolute Gasteiger partial charge is 0.311 e. The van der Waals surface area contributed by atoms with Crippen molar-refractivity contribution in [2.75, 3.05) is 11.9 Å². The van der Waals surface area contributed by atoms with E-state index in [1.807, 2.05) is 31.2 Å². The van der Waals surface area contributed by atoms with Gasteiger partial charge in [-0.15, -0.1) is 11.3 Å². The van der Waals surface area contributed by atoms with Crippen molar-refractivity contribution in [3.63, 3.8) is 0 Å². The highest BCUT2D eigenvalue weighted by atomic mass is 32.1. The van der Waals surface area contributed by atoms with Gasteiger partial charge >= 0.3 is 5.97 Å². The van der Waals surface area contributed by atoms with Crippen LogP contribution in [-0.2, 0) is 16.0 Å². The summed E-state index contributed by atoms with van der Waals surface area (Å²) in [7, 11) is 0. The van der Waals surface area contributed by atoms with Gasteiger partial charge in [-0.1, -0.05) is 18.2 Å². The zero-order valence-corrected chi connectivity index (χ0v) is 14.1. The molecule has 3 aromatic rings. The van der Waals surface area contributed by atoms with Crippen molar-refractivity contribution >= 4 is 39.3 Å². The number of para-hydroxylation sites is 1. The highest BCUT2D eigenvalue weighted by molar-refractivity contribution is 7.14. The Balaban J connectivity index is 1.73. The van der Waals surface area contributed by atoms with Gasteiger partial charge in [0.15, 0.2) is 10.9 Å². The van der Waals surface area contributed by atoms with E-state index in [9.17, 15) is 9.59 Å². The van der Waals surface area contributed by atoms with Gasteiger partial charge in [-0.05, 0) is 19.9 Å². The molecular formula is C17H16N2O4S. The number of thiazole rings is 1. The second-order valence-electron chi connectivity index (χ2n) is 5.13. The summed E-state index contributed by atoms with van der Waals surface area (Å²) in [5, 5.41) is 5.75. The summed E-state index contributed by atoms with van der Waals surface area (Å²) in [5.41, 5.74) is 2.02. The fourth-order valence-electron chi connectivity index (χ4n) is 2.35. The average molecular weight is 344 g/mol. The molecule has 2 heterocycles. The molecule has 0 unspecified atom stereocenters. The number of ether oxygens (including phenoxy) is 1. The van der Waals surface area contributed by atoms with Crippen molar-refractivity contribution in [1.82, 2.24) is 4.98 Å². The molecule has 3 rings (SSSR count). The summed E-state index contributed by atoms with van der Waals surface area (Å²) in [6, 6.07) is 7.48. The van der Waals surface area contributed by atoms with Crippen molar-refractivity contribution in [3.8, 4) is 0 Å². The number of hydrogen-bond acceptors (Lipinski definition) is 6. The van der Waals surface area contributed by atoms with E-state index in [2.05, 4.69) is 10.3 Å². The molecular weight excluding hydrogens is 328 g/mol. The summed E-state index contributed by atoms with van der Waals surface area (Å²) in [4.78, 5) is 28.1. The second-order valence-corrected chi connectivity index (χ2v) is 5.99. The van der Waals surface area contributed by atoms with E-state index in [1.165, 1.54) is 11.3 Å². The molecule has 1 amide bonds. The Morgan fingerprint density at radius 1 is 1.33 bits per heavy atom. The van der Waals surface area contributed by atoms with Crippen LogP contribution in [0.15, 0.2) is 34.1 Å². The summed E-state index contributed by atoms with van der Waals surface area (Å²) < 4.78 is 10.5. The largest absolute Gasteiger partial charge is 0.466 e.